The van der Waals surface area contributed by atoms with Crippen LogP contribution in [0.4, 0.5) is 4.39 Å². The summed E-state index contributed by atoms with van der Waals surface area (Å²) in [5, 5.41) is 23.3. The van der Waals surface area contributed by atoms with E-state index >= 15 is 0 Å². The second-order valence-corrected chi connectivity index (χ2v) is 8.63. The SMILES string of the molecule is O=C(O)CCc1ccc(F)cc1OC[C@@H](O)CNC1CCN(Cc2ccc(Cl)cc2)CC1. The van der Waals surface area contributed by atoms with E-state index in [1.807, 2.05) is 12.1 Å². The first-order chi connectivity index (χ1) is 15.4. The number of hydrogen-bond donors (Lipinski definition) is 3. The molecule has 1 saturated heterocycles. The average molecular weight is 465 g/mol. The molecule has 1 aliphatic heterocycles. The van der Waals surface area contributed by atoms with E-state index in [-0.39, 0.29) is 25.2 Å². The third kappa shape index (κ3) is 8.06. The highest BCUT2D eigenvalue weighted by Crippen LogP contribution is 2.22. The summed E-state index contributed by atoms with van der Waals surface area (Å²) in [7, 11) is 0. The monoisotopic (exact) mass is 464 g/mol. The zero-order valence-electron chi connectivity index (χ0n) is 18.0. The number of carbonyl (C=O) groups is 1. The van der Waals surface area contributed by atoms with E-state index < -0.39 is 17.9 Å². The van der Waals surface area contributed by atoms with Gasteiger partial charge in [-0.1, -0.05) is 29.8 Å². The predicted molar refractivity (Wildman–Crippen MR) is 122 cm³/mol. The van der Waals surface area contributed by atoms with Crippen LogP contribution >= 0.6 is 11.6 Å². The second-order valence-electron chi connectivity index (χ2n) is 8.20. The van der Waals surface area contributed by atoms with E-state index in [4.69, 9.17) is 21.4 Å². The summed E-state index contributed by atoms with van der Waals surface area (Å²) in [5.41, 5.74) is 1.86. The summed E-state index contributed by atoms with van der Waals surface area (Å²) in [6.45, 7) is 3.23. The van der Waals surface area contributed by atoms with Gasteiger partial charge in [0.25, 0.3) is 0 Å². The number of benzene rings is 2. The molecular formula is C24H30ClFN2O4. The minimum atomic E-state index is -0.927. The Morgan fingerprint density at radius 2 is 1.94 bits per heavy atom. The number of carboxylic acid groups (broad SMARTS) is 1. The number of aryl methyl sites for hydroxylation is 1. The van der Waals surface area contributed by atoms with Gasteiger partial charge in [0.05, 0.1) is 0 Å². The molecule has 0 radical (unpaired) electrons. The number of aliphatic hydroxyl groups is 1. The fraction of sp³-hybridized carbons (Fsp3) is 0.458. The maximum atomic E-state index is 13.6. The van der Waals surface area contributed by atoms with Gasteiger partial charge in [0.15, 0.2) is 0 Å². The van der Waals surface area contributed by atoms with Gasteiger partial charge in [0, 0.05) is 36.6 Å². The second kappa shape index (κ2) is 12.2. The lowest BCUT2D eigenvalue weighted by Gasteiger charge is -2.33. The molecule has 2 aromatic carbocycles. The first-order valence-electron chi connectivity index (χ1n) is 10.9. The molecule has 1 fully saturated rings. The number of hydrogen-bond acceptors (Lipinski definition) is 5. The molecule has 0 saturated carbocycles. The Kier molecular flexibility index (Phi) is 9.29. The van der Waals surface area contributed by atoms with Crippen LogP contribution in [0, 0.1) is 5.82 Å². The van der Waals surface area contributed by atoms with E-state index in [1.54, 1.807) is 0 Å². The van der Waals surface area contributed by atoms with Gasteiger partial charge in [-0.15, -0.1) is 0 Å². The summed E-state index contributed by atoms with van der Waals surface area (Å²) in [6, 6.07) is 12.3. The number of aliphatic hydroxyl groups excluding tert-OH is 1. The van der Waals surface area contributed by atoms with Crippen LogP contribution in [-0.4, -0.2) is 59.5 Å². The van der Waals surface area contributed by atoms with Crippen molar-refractivity contribution in [2.75, 3.05) is 26.2 Å². The molecule has 2 aromatic rings. The number of aliphatic carboxylic acids is 1. The Morgan fingerprint density at radius 1 is 1.22 bits per heavy atom. The number of rotatable bonds is 11. The Bertz CT molecular complexity index is 873. The molecule has 3 N–H and O–H groups in total. The molecule has 6 nitrogen and oxygen atoms in total. The van der Waals surface area contributed by atoms with Crippen molar-refractivity contribution in [3.63, 3.8) is 0 Å². The quantitative estimate of drug-likeness (QED) is 0.472. The van der Waals surface area contributed by atoms with Crippen molar-refractivity contribution in [2.45, 2.75) is 44.4 Å². The van der Waals surface area contributed by atoms with Crippen LogP contribution in [0.5, 0.6) is 5.75 Å². The van der Waals surface area contributed by atoms with E-state index in [0.717, 1.165) is 37.5 Å². The number of nitrogens with zero attached hydrogens (tertiary/aromatic N) is 1. The molecule has 1 heterocycles. The fourth-order valence-electron chi connectivity index (χ4n) is 3.80. The number of carboxylic acids is 1. The lowest BCUT2D eigenvalue weighted by atomic mass is 10.0. The van der Waals surface area contributed by atoms with Gasteiger partial charge < -0.3 is 20.3 Å². The summed E-state index contributed by atoms with van der Waals surface area (Å²) in [4.78, 5) is 13.2. The molecule has 0 aromatic heterocycles. The third-order valence-corrected chi connectivity index (χ3v) is 5.87. The summed E-state index contributed by atoms with van der Waals surface area (Å²) < 4.78 is 19.2. The molecular weight excluding hydrogens is 435 g/mol. The number of halogens is 2. The zero-order valence-corrected chi connectivity index (χ0v) is 18.7. The van der Waals surface area contributed by atoms with E-state index in [1.165, 1.54) is 23.8 Å². The summed E-state index contributed by atoms with van der Waals surface area (Å²) in [6.07, 6.45) is 1.41. The number of likely N-dealkylation sites (tertiary alicyclic amines) is 1. The average Bonchev–Trinajstić information content (AvgIpc) is 2.78. The highest BCUT2D eigenvalue weighted by molar-refractivity contribution is 6.30. The molecule has 0 spiro atoms. The summed E-state index contributed by atoms with van der Waals surface area (Å²) in [5.74, 6) is -1.11. The van der Waals surface area contributed by atoms with Crippen LogP contribution in [0.2, 0.25) is 5.02 Å². The molecule has 1 aliphatic rings. The highest BCUT2D eigenvalue weighted by atomic mass is 35.5. The Hall–Kier alpha value is -2.19. The topological polar surface area (TPSA) is 82.0 Å². The minimum absolute atomic E-state index is 0.00589. The normalized spacial score (nSPS) is 16.1. The largest absolute Gasteiger partial charge is 0.490 e. The Labute approximate surface area is 193 Å². The smallest absolute Gasteiger partial charge is 0.303 e. The molecule has 1 atom stereocenters. The van der Waals surface area contributed by atoms with Crippen molar-refractivity contribution in [3.05, 3.63) is 64.4 Å². The summed E-state index contributed by atoms with van der Waals surface area (Å²) >= 11 is 5.94. The lowest BCUT2D eigenvalue weighted by Crippen LogP contribution is -2.45. The van der Waals surface area contributed by atoms with Crippen molar-refractivity contribution in [1.29, 1.82) is 0 Å². The number of piperidine rings is 1. The molecule has 0 aliphatic carbocycles. The van der Waals surface area contributed by atoms with Crippen molar-refractivity contribution in [1.82, 2.24) is 10.2 Å². The molecule has 0 bridgehead atoms. The molecule has 3 rings (SSSR count). The molecule has 0 unspecified atom stereocenters. The third-order valence-electron chi connectivity index (χ3n) is 5.62. The van der Waals surface area contributed by atoms with Crippen molar-refractivity contribution in [3.8, 4) is 5.75 Å². The molecule has 8 heteroatoms. The van der Waals surface area contributed by atoms with Crippen LogP contribution < -0.4 is 10.1 Å². The van der Waals surface area contributed by atoms with Crippen LogP contribution in [0.1, 0.15) is 30.4 Å². The maximum absolute atomic E-state index is 13.6. The first-order valence-corrected chi connectivity index (χ1v) is 11.3. The van der Waals surface area contributed by atoms with Gasteiger partial charge in [-0.3, -0.25) is 9.69 Å². The van der Waals surface area contributed by atoms with Crippen LogP contribution in [-0.2, 0) is 17.8 Å². The van der Waals surface area contributed by atoms with Gasteiger partial charge >= 0.3 is 5.97 Å². The Balaban J connectivity index is 1.37. The van der Waals surface area contributed by atoms with Crippen molar-refractivity contribution in [2.24, 2.45) is 0 Å². The van der Waals surface area contributed by atoms with Crippen LogP contribution in [0.25, 0.3) is 0 Å². The lowest BCUT2D eigenvalue weighted by molar-refractivity contribution is -0.136. The molecule has 32 heavy (non-hydrogen) atoms. The Morgan fingerprint density at radius 3 is 2.62 bits per heavy atom. The fourth-order valence-corrected chi connectivity index (χ4v) is 3.93. The molecule has 0 amide bonds. The zero-order chi connectivity index (χ0) is 22.9. The van der Waals surface area contributed by atoms with Crippen LogP contribution in [0.3, 0.4) is 0 Å². The van der Waals surface area contributed by atoms with E-state index in [0.29, 0.717) is 18.2 Å². The maximum Gasteiger partial charge on any atom is 0.303 e. The number of ether oxygens (including phenoxy) is 1. The van der Waals surface area contributed by atoms with Gasteiger partial charge in [0.2, 0.25) is 0 Å². The van der Waals surface area contributed by atoms with Crippen molar-refractivity contribution >= 4 is 17.6 Å². The van der Waals surface area contributed by atoms with Gasteiger partial charge in [-0.05, 0) is 61.7 Å². The van der Waals surface area contributed by atoms with Crippen molar-refractivity contribution < 1.29 is 24.1 Å². The standard InChI is InChI=1S/C24H30ClFN2O4/c25-19-5-1-17(2-6-19)15-28-11-9-21(10-12-28)27-14-22(29)16-32-23-13-20(26)7-3-18(23)4-8-24(30)31/h1-3,5-7,13,21-22,27,29H,4,8-12,14-16H2,(H,30,31)/t22-/m0/s1. The molecule has 174 valence electrons. The van der Waals surface area contributed by atoms with Gasteiger partial charge in [-0.25, -0.2) is 4.39 Å². The van der Waals surface area contributed by atoms with Gasteiger partial charge in [0.1, 0.15) is 24.3 Å². The number of nitrogens with one attached hydrogen (secondary N) is 1. The van der Waals surface area contributed by atoms with Gasteiger partial charge in [-0.2, -0.15) is 0 Å². The van der Waals surface area contributed by atoms with Crippen LogP contribution in [0.15, 0.2) is 42.5 Å². The first kappa shape index (κ1) is 24.5. The van der Waals surface area contributed by atoms with E-state index in [9.17, 15) is 14.3 Å². The minimum Gasteiger partial charge on any atom is -0.490 e. The predicted octanol–water partition coefficient (Wildman–Crippen LogP) is 3.49. The van der Waals surface area contributed by atoms with E-state index in [2.05, 4.69) is 22.3 Å². The highest BCUT2D eigenvalue weighted by Gasteiger charge is 2.20.